The number of piperidine rings is 1. The Balaban J connectivity index is 0.00000363. The highest BCUT2D eigenvalue weighted by Crippen LogP contribution is 2.21. The van der Waals surface area contributed by atoms with Crippen LogP contribution in [0.2, 0.25) is 0 Å². The molecule has 32 heavy (non-hydrogen) atoms. The Morgan fingerprint density at radius 3 is 2.34 bits per heavy atom. The van der Waals surface area contributed by atoms with Gasteiger partial charge in [-0.25, -0.2) is 0 Å². The molecule has 180 valence electrons. The number of aliphatic imine (C=N–C) groups is 1. The fourth-order valence-electron chi connectivity index (χ4n) is 4.34. The van der Waals surface area contributed by atoms with Crippen molar-refractivity contribution in [2.45, 2.75) is 52.4 Å². The highest BCUT2D eigenvalue weighted by Gasteiger charge is 2.30. The van der Waals surface area contributed by atoms with Crippen LogP contribution in [0.3, 0.4) is 0 Å². The molecule has 0 aromatic heterocycles. The summed E-state index contributed by atoms with van der Waals surface area (Å²) in [5, 5.41) is 3.44. The van der Waals surface area contributed by atoms with Gasteiger partial charge >= 0.3 is 0 Å². The molecule has 0 bridgehead atoms. The second-order valence-electron chi connectivity index (χ2n) is 8.93. The monoisotopic (exact) mass is 556 g/mol. The Hall–Kier alpha value is -1.35. The van der Waals surface area contributed by atoms with E-state index in [1.807, 2.05) is 4.90 Å². The highest BCUT2D eigenvalue weighted by atomic mass is 127. The van der Waals surface area contributed by atoms with Crippen LogP contribution >= 0.6 is 24.0 Å². The summed E-state index contributed by atoms with van der Waals surface area (Å²) in [6.07, 6.45) is 3.91. The van der Waals surface area contributed by atoms with E-state index in [9.17, 15) is 4.79 Å². The van der Waals surface area contributed by atoms with Gasteiger partial charge in [0.2, 0.25) is 5.91 Å². The molecule has 1 aromatic rings. The molecule has 6 nitrogen and oxygen atoms in total. The van der Waals surface area contributed by atoms with E-state index in [4.69, 9.17) is 9.73 Å². The predicted molar refractivity (Wildman–Crippen MR) is 142 cm³/mol. The van der Waals surface area contributed by atoms with Crippen LogP contribution in [0.4, 0.5) is 0 Å². The summed E-state index contributed by atoms with van der Waals surface area (Å²) in [6.45, 7) is 12.9. The van der Waals surface area contributed by atoms with Crippen molar-refractivity contribution in [2.24, 2.45) is 10.9 Å². The maximum absolute atomic E-state index is 12.8. The Bertz CT molecular complexity index is 709. The molecule has 2 saturated heterocycles. The number of morpholine rings is 1. The summed E-state index contributed by atoms with van der Waals surface area (Å²) in [4.78, 5) is 21.9. The quantitative estimate of drug-likeness (QED) is 0.240. The molecule has 7 heteroatoms. The highest BCUT2D eigenvalue weighted by molar-refractivity contribution is 14.0. The van der Waals surface area contributed by atoms with Gasteiger partial charge in [-0.15, -0.1) is 24.0 Å². The zero-order valence-electron chi connectivity index (χ0n) is 20.0. The van der Waals surface area contributed by atoms with Crippen molar-refractivity contribution in [3.8, 4) is 0 Å². The van der Waals surface area contributed by atoms with Crippen molar-refractivity contribution < 1.29 is 9.53 Å². The number of aryl methyl sites for hydroxylation is 1. The van der Waals surface area contributed by atoms with Gasteiger partial charge in [0.1, 0.15) is 0 Å². The molecule has 2 aliphatic heterocycles. The summed E-state index contributed by atoms with van der Waals surface area (Å²) >= 11 is 0. The van der Waals surface area contributed by atoms with Gasteiger partial charge in [-0.05, 0) is 49.7 Å². The Morgan fingerprint density at radius 2 is 1.75 bits per heavy atom. The number of carbonyl (C=O) groups excluding carboxylic acids is 1. The lowest BCUT2D eigenvalue weighted by molar-refractivity contribution is -0.140. The largest absolute Gasteiger partial charge is 0.378 e. The smallest absolute Gasteiger partial charge is 0.225 e. The van der Waals surface area contributed by atoms with E-state index in [-0.39, 0.29) is 29.9 Å². The fraction of sp³-hybridized carbons (Fsp3) is 0.680. The third kappa shape index (κ3) is 7.90. The topological polar surface area (TPSA) is 57.2 Å². The number of hydrogen-bond acceptors (Lipinski definition) is 3. The summed E-state index contributed by atoms with van der Waals surface area (Å²) in [6, 6.07) is 8.99. The number of likely N-dealkylation sites (tertiary alicyclic amines) is 1. The first-order valence-corrected chi connectivity index (χ1v) is 12.1. The van der Waals surface area contributed by atoms with Crippen LogP contribution in [0.1, 0.15) is 57.1 Å². The lowest BCUT2D eigenvalue weighted by Crippen LogP contribution is -2.50. The third-order valence-corrected chi connectivity index (χ3v) is 6.33. The van der Waals surface area contributed by atoms with Gasteiger partial charge in [0.15, 0.2) is 5.96 Å². The van der Waals surface area contributed by atoms with Crippen LogP contribution < -0.4 is 5.32 Å². The van der Waals surface area contributed by atoms with Gasteiger partial charge in [0.25, 0.3) is 0 Å². The SMILES string of the molecule is CCNC(=NCCCc1ccc(C(C)C)cc1)N1CCC(C(=O)N2CCOCC2)CC1.I. The van der Waals surface area contributed by atoms with Crippen molar-refractivity contribution in [1.29, 1.82) is 0 Å². The molecule has 1 amide bonds. The van der Waals surface area contributed by atoms with Crippen LogP contribution in [-0.2, 0) is 16.0 Å². The normalized spacial score (nSPS) is 17.9. The number of nitrogens with zero attached hydrogens (tertiary/aromatic N) is 3. The molecule has 2 heterocycles. The average molecular weight is 557 g/mol. The first-order valence-electron chi connectivity index (χ1n) is 12.1. The van der Waals surface area contributed by atoms with Gasteiger partial charge < -0.3 is 19.9 Å². The standard InChI is InChI=1S/C25H40N4O2.HI/c1-4-26-25(27-13-5-6-21-7-9-22(10-8-21)20(2)3)29-14-11-23(12-15-29)24(30)28-16-18-31-19-17-28;/h7-10,20,23H,4-6,11-19H2,1-3H3,(H,26,27);1H. The summed E-state index contributed by atoms with van der Waals surface area (Å²) in [5.41, 5.74) is 2.78. The minimum Gasteiger partial charge on any atom is -0.378 e. The maximum Gasteiger partial charge on any atom is 0.225 e. The van der Waals surface area contributed by atoms with Gasteiger partial charge in [0.05, 0.1) is 13.2 Å². The molecule has 2 aliphatic rings. The number of rotatable bonds is 7. The Morgan fingerprint density at radius 1 is 1.09 bits per heavy atom. The van der Waals surface area contributed by atoms with Gasteiger partial charge in [0, 0.05) is 45.2 Å². The van der Waals surface area contributed by atoms with E-state index in [1.165, 1.54) is 11.1 Å². The van der Waals surface area contributed by atoms with Crippen molar-refractivity contribution >= 4 is 35.8 Å². The van der Waals surface area contributed by atoms with Crippen molar-refractivity contribution in [3.63, 3.8) is 0 Å². The van der Waals surface area contributed by atoms with E-state index in [1.54, 1.807) is 0 Å². The van der Waals surface area contributed by atoms with Crippen LogP contribution in [0, 0.1) is 5.92 Å². The molecule has 0 aliphatic carbocycles. The van der Waals surface area contributed by atoms with Crippen molar-refractivity contribution in [2.75, 3.05) is 52.5 Å². The number of ether oxygens (including phenoxy) is 1. The number of halogens is 1. The second-order valence-corrected chi connectivity index (χ2v) is 8.93. The molecule has 0 atom stereocenters. The molecule has 0 saturated carbocycles. The number of guanidine groups is 1. The summed E-state index contributed by atoms with van der Waals surface area (Å²) in [5.74, 6) is 2.03. The first kappa shape index (κ1) is 26.9. The zero-order valence-corrected chi connectivity index (χ0v) is 22.3. The lowest BCUT2D eigenvalue weighted by Gasteiger charge is -2.36. The number of amides is 1. The summed E-state index contributed by atoms with van der Waals surface area (Å²) in [7, 11) is 0. The number of benzene rings is 1. The molecule has 0 unspecified atom stereocenters. The third-order valence-electron chi connectivity index (χ3n) is 6.33. The molecule has 0 spiro atoms. The van der Waals surface area contributed by atoms with E-state index in [0.29, 0.717) is 25.0 Å². The van der Waals surface area contributed by atoms with Crippen LogP contribution in [0.5, 0.6) is 0 Å². The lowest BCUT2D eigenvalue weighted by atomic mass is 9.95. The Labute approximate surface area is 211 Å². The van der Waals surface area contributed by atoms with Crippen molar-refractivity contribution in [3.05, 3.63) is 35.4 Å². The number of carbonyl (C=O) groups is 1. The average Bonchev–Trinajstić information content (AvgIpc) is 2.81. The molecular weight excluding hydrogens is 515 g/mol. The van der Waals surface area contributed by atoms with Crippen LogP contribution in [0.25, 0.3) is 0 Å². The second kappa shape index (κ2) is 14.0. The Kier molecular flexibility index (Phi) is 11.8. The van der Waals surface area contributed by atoms with E-state index in [0.717, 1.165) is 70.9 Å². The predicted octanol–water partition coefficient (Wildman–Crippen LogP) is 3.90. The van der Waals surface area contributed by atoms with Crippen molar-refractivity contribution in [1.82, 2.24) is 15.1 Å². The van der Waals surface area contributed by atoms with E-state index < -0.39 is 0 Å². The van der Waals surface area contributed by atoms with E-state index >= 15 is 0 Å². The first-order chi connectivity index (χ1) is 15.1. The number of nitrogens with one attached hydrogen (secondary N) is 1. The zero-order chi connectivity index (χ0) is 22.1. The van der Waals surface area contributed by atoms with Gasteiger partial charge in [-0.2, -0.15) is 0 Å². The molecule has 1 N–H and O–H groups in total. The van der Waals surface area contributed by atoms with Gasteiger partial charge in [-0.1, -0.05) is 38.1 Å². The molecule has 2 fully saturated rings. The minimum atomic E-state index is 0. The number of hydrogen-bond donors (Lipinski definition) is 1. The molecular formula is C25H41IN4O2. The molecule has 1 aromatic carbocycles. The summed E-state index contributed by atoms with van der Waals surface area (Å²) < 4.78 is 5.38. The van der Waals surface area contributed by atoms with Gasteiger partial charge in [-0.3, -0.25) is 9.79 Å². The fourth-order valence-corrected chi connectivity index (χ4v) is 4.34. The van der Waals surface area contributed by atoms with Crippen LogP contribution in [0.15, 0.2) is 29.3 Å². The molecule has 0 radical (unpaired) electrons. The maximum atomic E-state index is 12.8. The van der Waals surface area contributed by atoms with Crippen LogP contribution in [-0.4, -0.2) is 74.1 Å². The van der Waals surface area contributed by atoms with E-state index in [2.05, 4.69) is 55.3 Å². The minimum absolute atomic E-state index is 0. The molecule has 3 rings (SSSR count).